The van der Waals surface area contributed by atoms with Crippen LogP contribution in [0.3, 0.4) is 0 Å². The lowest BCUT2D eigenvalue weighted by atomic mass is 10.2. The van der Waals surface area contributed by atoms with Gasteiger partial charge in [0.15, 0.2) is 0 Å². The second kappa shape index (κ2) is 6.65. The highest BCUT2D eigenvalue weighted by atomic mass is 35.5. The summed E-state index contributed by atoms with van der Waals surface area (Å²) in [4.78, 5) is 0.315. The van der Waals surface area contributed by atoms with Gasteiger partial charge in [0.1, 0.15) is 0 Å². The minimum atomic E-state index is -3.47. The van der Waals surface area contributed by atoms with E-state index < -0.39 is 10.0 Å². The van der Waals surface area contributed by atoms with Gasteiger partial charge in [-0.15, -0.1) is 0 Å². The zero-order valence-electron chi connectivity index (χ0n) is 12.8. The van der Waals surface area contributed by atoms with E-state index in [2.05, 4.69) is 5.32 Å². The molecule has 1 aliphatic rings. The van der Waals surface area contributed by atoms with Crippen LogP contribution in [0.5, 0.6) is 0 Å². The molecule has 6 heteroatoms. The molecular formula is C15H23ClN2O2S. The Kier molecular flexibility index (Phi) is 5.30. The number of hydrogen-bond donors (Lipinski definition) is 1. The van der Waals surface area contributed by atoms with Crippen LogP contribution >= 0.6 is 11.6 Å². The monoisotopic (exact) mass is 330 g/mol. The Labute approximate surface area is 132 Å². The molecule has 1 fully saturated rings. The van der Waals surface area contributed by atoms with Crippen LogP contribution in [-0.2, 0) is 16.6 Å². The average molecular weight is 331 g/mol. The number of nitrogens with one attached hydrogen (secondary N) is 1. The highest BCUT2D eigenvalue weighted by Crippen LogP contribution is 2.25. The molecule has 0 unspecified atom stereocenters. The molecule has 0 heterocycles. The first-order chi connectivity index (χ1) is 9.86. The molecule has 0 atom stereocenters. The van der Waals surface area contributed by atoms with Crippen LogP contribution in [0.4, 0.5) is 0 Å². The molecule has 1 N–H and O–H groups in total. The van der Waals surface area contributed by atoms with Crippen LogP contribution in [0.15, 0.2) is 23.1 Å². The summed E-state index contributed by atoms with van der Waals surface area (Å²) < 4.78 is 26.9. The topological polar surface area (TPSA) is 49.4 Å². The number of rotatable bonds is 7. The molecule has 0 aliphatic heterocycles. The minimum Gasteiger partial charge on any atom is -0.310 e. The second-order valence-electron chi connectivity index (χ2n) is 5.71. The third-order valence-corrected chi connectivity index (χ3v) is 6.19. The molecule has 21 heavy (non-hydrogen) atoms. The molecule has 118 valence electrons. The van der Waals surface area contributed by atoms with Gasteiger partial charge in [0, 0.05) is 30.2 Å². The number of benzene rings is 1. The van der Waals surface area contributed by atoms with Crippen molar-refractivity contribution in [2.75, 3.05) is 6.54 Å². The van der Waals surface area contributed by atoms with Gasteiger partial charge in [-0.2, -0.15) is 4.31 Å². The maximum Gasteiger partial charge on any atom is 0.243 e. The normalized spacial score (nSPS) is 15.9. The highest BCUT2D eigenvalue weighted by molar-refractivity contribution is 7.89. The third kappa shape index (κ3) is 3.97. The maximum absolute atomic E-state index is 12.7. The van der Waals surface area contributed by atoms with E-state index in [1.165, 1.54) is 17.1 Å². The molecule has 4 nitrogen and oxygen atoms in total. The summed E-state index contributed by atoms with van der Waals surface area (Å²) >= 11 is 6.18. The van der Waals surface area contributed by atoms with Crippen molar-refractivity contribution in [3.05, 3.63) is 28.8 Å². The first-order valence-corrected chi connectivity index (χ1v) is 9.21. The minimum absolute atomic E-state index is 0.0660. The molecule has 1 aromatic carbocycles. The zero-order valence-corrected chi connectivity index (χ0v) is 14.3. The van der Waals surface area contributed by atoms with Crippen molar-refractivity contribution in [1.82, 2.24) is 9.62 Å². The quantitative estimate of drug-likeness (QED) is 0.836. The standard InChI is InChI=1S/C15H23ClN2O2S/c1-4-18(11(2)3)21(19,20)14-7-8-15(16)12(9-14)10-17-13-5-6-13/h7-9,11,13,17H,4-6,10H2,1-3H3. The summed E-state index contributed by atoms with van der Waals surface area (Å²) in [5.74, 6) is 0. The van der Waals surface area contributed by atoms with Gasteiger partial charge in [-0.05, 0) is 50.5 Å². The van der Waals surface area contributed by atoms with Gasteiger partial charge in [0.25, 0.3) is 0 Å². The lowest BCUT2D eigenvalue weighted by Gasteiger charge is -2.24. The van der Waals surface area contributed by atoms with E-state index in [0.29, 0.717) is 29.0 Å². The first kappa shape index (κ1) is 16.7. The predicted molar refractivity (Wildman–Crippen MR) is 86.0 cm³/mol. The van der Waals surface area contributed by atoms with E-state index in [1.807, 2.05) is 20.8 Å². The summed E-state index contributed by atoms with van der Waals surface area (Å²) in [7, 11) is -3.47. The molecule has 1 aromatic rings. The van der Waals surface area contributed by atoms with Crippen LogP contribution in [0.2, 0.25) is 5.02 Å². The van der Waals surface area contributed by atoms with Gasteiger partial charge >= 0.3 is 0 Å². The van der Waals surface area contributed by atoms with E-state index >= 15 is 0 Å². The van der Waals surface area contributed by atoms with E-state index in [4.69, 9.17) is 11.6 Å². The van der Waals surface area contributed by atoms with Crippen molar-refractivity contribution in [1.29, 1.82) is 0 Å². The average Bonchev–Trinajstić information content (AvgIpc) is 3.21. The fourth-order valence-electron chi connectivity index (χ4n) is 2.34. The van der Waals surface area contributed by atoms with Gasteiger partial charge < -0.3 is 5.32 Å². The Balaban J connectivity index is 2.27. The third-order valence-electron chi connectivity index (χ3n) is 3.67. The van der Waals surface area contributed by atoms with Gasteiger partial charge in [-0.1, -0.05) is 18.5 Å². The molecule has 2 rings (SSSR count). The van der Waals surface area contributed by atoms with Crippen molar-refractivity contribution in [3.8, 4) is 0 Å². The lowest BCUT2D eigenvalue weighted by Crippen LogP contribution is -2.36. The van der Waals surface area contributed by atoms with Crippen molar-refractivity contribution >= 4 is 21.6 Å². The van der Waals surface area contributed by atoms with E-state index in [1.54, 1.807) is 18.2 Å². The molecule has 1 saturated carbocycles. The van der Waals surface area contributed by atoms with Crippen molar-refractivity contribution in [3.63, 3.8) is 0 Å². The summed E-state index contributed by atoms with van der Waals surface area (Å²) in [6.45, 7) is 6.68. The number of hydrogen-bond acceptors (Lipinski definition) is 3. The van der Waals surface area contributed by atoms with E-state index in [0.717, 1.165) is 5.56 Å². The van der Waals surface area contributed by atoms with Crippen molar-refractivity contribution in [2.24, 2.45) is 0 Å². The number of nitrogens with zero attached hydrogens (tertiary/aromatic N) is 1. The largest absolute Gasteiger partial charge is 0.310 e. The molecule has 0 bridgehead atoms. The summed E-state index contributed by atoms with van der Waals surface area (Å²) in [5.41, 5.74) is 0.837. The predicted octanol–water partition coefficient (Wildman–Crippen LogP) is 3.01. The van der Waals surface area contributed by atoms with E-state index in [9.17, 15) is 8.42 Å². The zero-order chi connectivity index (χ0) is 15.6. The van der Waals surface area contributed by atoms with Crippen molar-refractivity contribution < 1.29 is 8.42 Å². The van der Waals surface area contributed by atoms with Gasteiger partial charge in [0.05, 0.1) is 4.90 Å². The van der Waals surface area contributed by atoms with Crippen LogP contribution < -0.4 is 5.32 Å². The fraction of sp³-hybridized carbons (Fsp3) is 0.600. The van der Waals surface area contributed by atoms with Crippen LogP contribution in [0.25, 0.3) is 0 Å². The van der Waals surface area contributed by atoms with Crippen LogP contribution in [-0.4, -0.2) is 31.4 Å². The van der Waals surface area contributed by atoms with Gasteiger partial charge in [-0.3, -0.25) is 0 Å². The second-order valence-corrected chi connectivity index (χ2v) is 8.01. The van der Waals surface area contributed by atoms with Crippen molar-refractivity contribution in [2.45, 2.75) is 57.1 Å². The summed E-state index contributed by atoms with van der Waals surface area (Å²) in [6.07, 6.45) is 2.37. The molecule has 0 radical (unpaired) electrons. The first-order valence-electron chi connectivity index (χ1n) is 7.40. The molecule has 1 aliphatic carbocycles. The SMILES string of the molecule is CCN(C(C)C)S(=O)(=O)c1ccc(Cl)c(CNC2CC2)c1. The Bertz CT molecular complexity index is 598. The molecule has 0 saturated heterocycles. The Morgan fingerprint density at radius 3 is 2.57 bits per heavy atom. The lowest BCUT2D eigenvalue weighted by molar-refractivity contribution is 0.369. The molecule has 0 aromatic heterocycles. The highest BCUT2D eigenvalue weighted by Gasteiger charge is 2.26. The number of halogens is 1. The Morgan fingerprint density at radius 1 is 1.38 bits per heavy atom. The molecule has 0 spiro atoms. The van der Waals surface area contributed by atoms with Gasteiger partial charge in [-0.25, -0.2) is 8.42 Å². The molecule has 0 amide bonds. The summed E-state index contributed by atoms with van der Waals surface area (Å²) in [5, 5.41) is 3.97. The molecular weight excluding hydrogens is 308 g/mol. The number of sulfonamides is 1. The Morgan fingerprint density at radius 2 is 2.05 bits per heavy atom. The smallest absolute Gasteiger partial charge is 0.243 e. The van der Waals surface area contributed by atoms with Gasteiger partial charge in [0.2, 0.25) is 10.0 Å². The fourth-order valence-corrected chi connectivity index (χ4v) is 4.22. The van der Waals surface area contributed by atoms with Crippen LogP contribution in [0.1, 0.15) is 39.2 Å². The van der Waals surface area contributed by atoms with Crippen LogP contribution in [0, 0.1) is 0 Å². The van der Waals surface area contributed by atoms with E-state index in [-0.39, 0.29) is 6.04 Å². The summed E-state index contributed by atoms with van der Waals surface area (Å²) in [6, 6.07) is 5.45. The Hall–Kier alpha value is -0.620. The maximum atomic E-state index is 12.7.